The maximum atomic E-state index is 12.8. The second kappa shape index (κ2) is 6.67. The first kappa shape index (κ1) is 17.7. The standard InChI is InChI=1S/C16H13Cl2N3O3S/c1-3-21(14(22)13-12(18)11(17)7(2)19-13)16-20-9-5-4-8(15(23)24)6-10(9)25-16/h4-6,19H,3H2,1-2H3,(H,23,24). The molecule has 0 saturated carbocycles. The third kappa shape index (κ3) is 3.10. The molecule has 9 heteroatoms. The Labute approximate surface area is 157 Å². The van der Waals surface area contributed by atoms with Crippen molar-refractivity contribution in [3.8, 4) is 0 Å². The average molecular weight is 398 g/mol. The van der Waals surface area contributed by atoms with Gasteiger partial charge in [-0.3, -0.25) is 9.69 Å². The van der Waals surface area contributed by atoms with E-state index in [0.29, 0.717) is 32.6 Å². The number of H-pyrrole nitrogens is 1. The molecule has 2 aromatic heterocycles. The van der Waals surface area contributed by atoms with E-state index >= 15 is 0 Å². The van der Waals surface area contributed by atoms with Crippen molar-refractivity contribution in [2.75, 3.05) is 11.4 Å². The fourth-order valence-electron chi connectivity index (χ4n) is 2.38. The molecule has 0 fully saturated rings. The summed E-state index contributed by atoms with van der Waals surface area (Å²) in [7, 11) is 0. The summed E-state index contributed by atoms with van der Waals surface area (Å²) in [5.41, 5.74) is 1.62. The Bertz CT molecular complexity index is 996. The zero-order valence-electron chi connectivity index (χ0n) is 13.3. The fourth-order valence-corrected chi connectivity index (χ4v) is 3.86. The number of carboxylic acid groups (broad SMARTS) is 1. The fraction of sp³-hybridized carbons (Fsp3) is 0.188. The molecular weight excluding hydrogens is 385 g/mol. The van der Waals surface area contributed by atoms with Crippen molar-refractivity contribution in [1.82, 2.24) is 9.97 Å². The molecule has 1 amide bonds. The third-order valence-electron chi connectivity index (χ3n) is 3.68. The highest BCUT2D eigenvalue weighted by Crippen LogP contribution is 2.33. The van der Waals surface area contributed by atoms with Gasteiger partial charge in [0.2, 0.25) is 0 Å². The smallest absolute Gasteiger partial charge is 0.335 e. The zero-order valence-corrected chi connectivity index (χ0v) is 15.6. The minimum absolute atomic E-state index is 0.173. The third-order valence-corrected chi connectivity index (χ3v) is 5.67. The molecule has 3 rings (SSSR count). The van der Waals surface area contributed by atoms with Gasteiger partial charge in [0.25, 0.3) is 5.91 Å². The van der Waals surface area contributed by atoms with Crippen LogP contribution in [0.25, 0.3) is 10.2 Å². The molecule has 6 nitrogen and oxygen atoms in total. The molecule has 3 aromatic rings. The summed E-state index contributed by atoms with van der Waals surface area (Å²) in [5.74, 6) is -1.36. The van der Waals surface area contributed by atoms with Crippen molar-refractivity contribution in [3.05, 3.63) is 45.2 Å². The number of nitrogens with one attached hydrogen (secondary N) is 1. The van der Waals surface area contributed by atoms with Crippen molar-refractivity contribution in [2.24, 2.45) is 0 Å². The molecular formula is C16H13Cl2N3O3S. The van der Waals surface area contributed by atoms with Crippen molar-refractivity contribution in [1.29, 1.82) is 0 Å². The summed E-state index contributed by atoms with van der Waals surface area (Å²) in [6, 6.07) is 4.65. The van der Waals surface area contributed by atoms with Gasteiger partial charge in [-0.2, -0.15) is 0 Å². The van der Waals surface area contributed by atoms with Crippen molar-refractivity contribution < 1.29 is 14.7 Å². The monoisotopic (exact) mass is 397 g/mol. The lowest BCUT2D eigenvalue weighted by atomic mass is 10.2. The summed E-state index contributed by atoms with van der Waals surface area (Å²) in [5, 5.41) is 10.0. The van der Waals surface area contributed by atoms with Crippen LogP contribution in [-0.4, -0.2) is 33.5 Å². The summed E-state index contributed by atoms with van der Waals surface area (Å²) in [4.78, 5) is 32.7. The van der Waals surface area contributed by atoms with Gasteiger partial charge in [0.15, 0.2) is 5.13 Å². The number of hydrogen-bond acceptors (Lipinski definition) is 4. The van der Waals surface area contributed by atoms with Gasteiger partial charge in [0.05, 0.1) is 25.8 Å². The van der Waals surface area contributed by atoms with Gasteiger partial charge in [-0.1, -0.05) is 34.5 Å². The summed E-state index contributed by atoms with van der Waals surface area (Å²) in [6.45, 7) is 3.92. The minimum Gasteiger partial charge on any atom is -0.478 e. The normalized spacial score (nSPS) is 11.0. The number of anilines is 1. The zero-order chi connectivity index (χ0) is 18.3. The number of aryl methyl sites for hydroxylation is 1. The number of nitrogens with zero attached hydrogens (tertiary/aromatic N) is 2. The van der Waals surface area contributed by atoms with E-state index in [1.54, 1.807) is 19.1 Å². The van der Waals surface area contributed by atoms with Crippen LogP contribution in [0.4, 0.5) is 5.13 Å². The minimum atomic E-state index is -1.01. The molecule has 1 aromatic carbocycles. The quantitative estimate of drug-likeness (QED) is 0.672. The van der Waals surface area contributed by atoms with Crippen LogP contribution in [0.3, 0.4) is 0 Å². The number of aromatic amines is 1. The van der Waals surface area contributed by atoms with E-state index < -0.39 is 5.97 Å². The van der Waals surface area contributed by atoms with E-state index in [9.17, 15) is 9.59 Å². The van der Waals surface area contributed by atoms with E-state index in [0.717, 1.165) is 0 Å². The molecule has 0 unspecified atom stereocenters. The lowest BCUT2D eigenvalue weighted by Gasteiger charge is -2.16. The second-order valence-corrected chi connectivity index (χ2v) is 7.05. The Balaban J connectivity index is 2.02. The first-order valence-corrected chi connectivity index (χ1v) is 8.90. The van der Waals surface area contributed by atoms with Gasteiger partial charge in [0, 0.05) is 12.2 Å². The van der Waals surface area contributed by atoms with Crippen LogP contribution < -0.4 is 4.90 Å². The predicted octanol–water partition coefficient (Wildman–Crippen LogP) is 4.60. The first-order valence-electron chi connectivity index (χ1n) is 7.32. The van der Waals surface area contributed by atoms with Gasteiger partial charge >= 0.3 is 5.97 Å². The second-order valence-electron chi connectivity index (χ2n) is 5.29. The van der Waals surface area contributed by atoms with Gasteiger partial charge in [-0.05, 0) is 32.0 Å². The van der Waals surface area contributed by atoms with Crippen LogP contribution in [0.2, 0.25) is 10.0 Å². The van der Waals surface area contributed by atoms with Crippen LogP contribution in [0, 0.1) is 6.92 Å². The van der Waals surface area contributed by atoms with Gasteiger partial charge in [-0.15, -0.1) is 0 Å². The lowest BCUT2D eigenvalue weighted by Crippen LogP contribution is -2.31. The van der Waals surface area contributed by atoms with E-state index in [2.05, 4.69) is 9.97 Å². The number of hydrogen-bond donors (Lipinski definition) is 2. The van der Waals surface area contributed by atoms with E-state index in [1.165, 1.54) is 22.3 Å². The SMILES string of the molecule is CCN(C(=O)c1[nH]c(C)c(Cl)c1Cl)c1nc2ccc(C(=O)O)cc2s1. The molecule has 0 aliphatic carbocycles. The Morgan fingerprint density at radius 2 is 2.04 bits per heavy atom. The molecule has 0 aliphatic heterocycles. The molecule has 130 valence electrons. The number of aromatic carboxylic acids is 1. The highest BCUT2D eigenvalue weighted by atomic mass is 35.5. The van der Waals surface area contributed by atoms with Gasteiger partial charge in [0.1, 0.15) is 5.69 Å². The number of halogens is 2. The van der Waals surface area contributed by atoms with Gasteiger partial charge in [-0.25, -0.2) is 9.78 Å². The highest BCUT2D eigenvalue weighted by molar-refractivity contribution is 7.22. The predicted molar refractivity (Wildman–Crippen MR) is 99.5 cm³/mol. The molecule has 0 spiro atoms. The Morgan fingerprint density at radius 1 is 1.32 bits per heavy atom. The van der Waals surface area contributed by atoms with E-state index in [1.807, 2.05) is 6.92 Å². The lowest BCUT2D eigenvalue weighted by molar-refractivity contribution is 0.0697. The van der Waals surface area contributed by atoms with E-state index in [4.69, 9.17) is 28.3 Å². The Kier molecular flexibility index (Phi) is 4.73. The Hall–Kier alpha value is -2.09. The van der Waals surface area contributed by atoms with Crippen LogP contribution in [-0.2, 0) is 0 Å². The molecule has 2 N–H and O–H groups in total. The number of carbonyl (C=O) groups is 2. The number of aromatic nitrogens is 2. The summed E-state index contributed by atoms with van der Waals surface area (Å²) >= 11 is 13.4. The van der Waals surface area contributed by atoms with Crippen molar-refractivity contribution in [3.63, 3.8) is 0 Å². The number of thiazole rings is 1. The van der Waals surface area contributed by atoms with Crippen molar-refractivity contribution in [2.45, 2.75) is 13.8 Å². The molecule has 25 heavy (non-hydrogen) atoms. The number of benzene rings is 1. The summed E-state index contributed by atoms with van der Waals surface area (Å²) in [6.07, 6.45) is 0. The number of carbonyl (C=O) groups excluding carboxylic acids is 1. The van der Waals surface area contributed by atoms with Gasteiger partial charge < -0.3 is 10.1 Å². The molecule has 0 atom stereocenters. The number of carboxylic acids is 1. The van der Waals surface area contributed by atoms with Crippen molar-refractivity contribution >= 4 is 61.8 Å². The summed E-state index contributed by atoms with van der Waals surface area (Å²) < 4.78 is 0.688. The number of amides is 1. The molecule has 0 bridgehead atoms. The highest BCUT2D eigenvalue weighted by Gasteiger charge is 2.25. The maximum absolute atomic E-state index is 12.8. The Morgan fingerprint density at radius 3 is 2.60 bits per heavy atom. The maximum Gasteiger partial charge on any atom is 0.335 e. The van der Waals surface area contributed by atoms with Crippen LogP contribution in [0.15, 0.2) is 18.2 Å². The topological polar surface area (TPSA) is 86.3 Å². The van der Waals surface area contributed by atoms with E-state index in [-0.39, 0.29) is 22.2 Å². The largest absolute Gasteiger partial charge is 0.478 e. The number of fused-ring (bicyclic) bond motifs is 1. The molecule has 0 saturated heterocycles. The van der Waals surface area contributed by atoms with Crippen LogP contribution >= 0.6 is 34.5 Å². The average Bonchev–Trinajstić information content (AvgIpc) is 3.11. The number of rotatable bonds is 4. The molecule has 0 aliphatic rings. The van der Waals surface area contributed by atoms with Crippen LogP contribution in [0.5, 0.6) is 0 Å². The molecule has 2 heterocycles. The molecule has 0 radical (unpaired) electrons. The first-order chi connectivity index (χ1) is 11.8. The van der Waals surface area contributed by atoms with Crippen LogP contribution in [0.1, 0.15) is 33.5 Å².